The SMILES string of the molecule is Oc1cc(C(F)(F)F)ccc1-c1nnc(N[C@@H]2CCCN([C@H]3CCC[C@@H]3O)C2)n2nccc12. The Morgan fingerprint density at radius 3 is 2.64 bits per heavy atom. The maximum Gasteiger partial charge on any atom is 0.416 e. The summed E-state index contributed by atoms with van der Waals surface area (Å²) < 4.78 is 40.4. The molecule has 3 N–H and O–H groups in total. The number of fused-ring (bicyclic) bond motifs is 1. The first-order valence-electron chi connectivity index (χ1n) is 11.1. The van der Waals surface area contributed by atoms with Crippen molar-refractivity contribution in [2.24, 2.45) is 0 Å². The number of halogens is 3. The molecule has 33 heavy (non-hydrogen) atoms. The molecular formula is C22H25F3N6O2. The lowest BCUT2D eigenvalue weighted by Crippen LogP contribution is -2.49. The highest BCUT2D eigenvalue weighted by Crippen LogP contribution is 2.37. The standard InChI is InChI=1S/C22H25F3N6O2/c23-22(24,25)13-6-7-15(19(33)11-13)20-17-8-9-26-31(17)21(29-28-20)27-14-3-2-10-30(12-14)16-4-1-5-18(16)32/h6-9,11,14,16,18,32-33H,1-5,10,12H2,(H,27,29)/t14-,16+,18+/m1/s1. The average molecular weight is 462 g/mol. The molecule has 176 valence electrons. The lowest BCUT2D eigenvalue weighted by atomic mass is 10.0. The van der Waals surface area contributed by atoms with Gasteiger partial charge < -0.3 is 15.5 Å². The van der Waals surface area contributed by atoms with E-state index in [1.165, 1.54) is 6.07 Å². The van der Waals surface area contributed by atoms with E-state index in [0.29, 0.717) is 17.5 Å². The predicted molar refractivity (Wildman–Crippen MR) is 115 cm³/mol. The number of aromatic hydroxyl groups is 1. The molecule has 5 rings (SSSR count). The van der Waals surface area contributed by atoms with Gasteiger partial charge in [0.1, 0.15) is 11.4 Å². The highest BCUT2D eigenvalue weighted by molar-refractivity contribution is 5.80. The van der Waals surface area contributed by atoms with E-state index in [4.69, 9.17) is 0 Å². The van der Waals surface area contributed by atoms with E-state index in [1.807, 2.05) is 0 Å². The molecule has 0 unspecified atom stereocenters. The zero-order chi connectivity index (χ0) is 23.2. The number of likely N-dealkylation sites (tertiary alicyclic amines) is 1. The molecule has 8 nitrogen and oxygen atoms in total. The predicted octanol–water partition coefficient (Wildman–Crippen LogP) is 3.31. The van der Waals surface area contributed by atoms with Crippen LogP contribution in [0.15, 0.2) is 30.5 Å². The zero-order valence-corrected chi connectivity index (χ0v) is 17.8. The third kappa shape index (κ3) is 4.22. The highest BCUT2D eigenvalue weighted by atomic mass is 19.4. The Labute approximate surface area is 188 Å². The largest absolute Gasteiger partial charge is 0.507 e. The van der Waals surface area contributed by atoms with Crippen molar-refractivity contribution in [3.63, 3.8) is 0 Å². The van der Waals surface area contributed by atoms with E-state index in [0.717, 1.165) is 51.3 Å². The lowest BCUT2D eigenvalue weighted by molar-refractivity contribution is -0.137. The fraction of sp³-hybridized carbons (Fsp3) is 0.500. The van der Waals surface area contributed by atoms with Crippen molar-refractivity contribution in [3.8, 4) is 17.0 Å². The summed E-state index contributed by atoms with van der Waals surface area (Å²) in [5.41, 5.74) is -0.0366. The highest BCUT2D eigenvalue weighted by Gasteiger charge is 2.34. The number of alkyl halides is 3. The van der Waals surface area contributed by atoms with Gasteiger partial charge in [-0.15, -0.1) is 10.2 Å². The fourth-order valence-corrected chi connectivity index (χ4v) is 4.99. The minimum absolute atomic E-state index is 0.0959. The monoisotopic (exact) mass is 462 g/mol. The number of nitrogens with one attached hydrogen (secondary N) is 1. The van der Waals surface area contributed by atoms with Crippen molar-refractivity contribution in [3.05, 3.63) is 36.0 Å². The second kappa shape index (κ2) is 8.45. The van der Waals surface area contributed by atoms with Gasteiger partial charge in [0.15, 0.2) is 0 Å². The van der Waals surface area contributed by atoms with Crippen molar-refractivity contribution in [1.82, 2.24) is 24.7 Å². The summed E-state index contributed by atoms with van der Waals surface area (Å²) in [7, 11) is 0. The number of piperidine rings is 1. The minimum Gasteiger partial charge on any atom is -0.507 e. The molecule has 3 heterocycles. The van der Waals surface area contributed by atoms with Gasteiger partial charge in [-0.05, 0) is 62.9 Å². The number of phenols is 1. The average Bonchev–Trinajstić information content (AvgIpc) is 3.43. The smallest absolute Gasteiger partial charge is 0.416 e. The van der Waals surface area contributed by atoms with Crippen molar-refractivity contribution in [1.29, 1.82) is 0 Å². The van der Waals surface area contributed by atoms with E-state index in [1.54, 1.807) is 16.8 Å². The van der Waals surface area contributed by atoms with Crippen LogP contribution in [0.4, 0.5) is 19.1 Å². The Kier molecular flexibility index (Phi) is 5.61. The van der Waals surface area contributed by atoms with Crippen LogP contribution in [0.5, 0.6) is 5.75 Å². The molecule has 1 aliphatic carbocycles. The number of hydrogen-bond donors (Lipinski definition) is 3. The number of aliphatic hydroxyl groups excluding tert-OH is 1. The third-order valence-electron chi connectivity index (χ3n) is 6.61. The Bertz CT molecular complexity index is 1150. The number of nitrogens with zero attached hydrogens (tertiary/aromatic N) is 5. The van der Waals surface area contributed by atoms with Crippen molar-refractivity contribution in [2.75, 3.05) is 18.4 Å². The summed E-state index contributed by atoms with van der Waals surface area (Å²) in [5.74, 6) is -0.107. The maximum absolute atomic E-state index is 12.9. The number of rotatable bonds is 4. The Morgan fingerprint density at radius 1 is 1.06 bits per heavy atom. The number of aromatic nitrogens is 4. The first kappa shape index (κ1) is 21.9. The molecule has 2 fully saturated rings. The van der Waals surface area contributed by atoms with Crippen LogP contribution in [0.25, 0.3) is 16.8 Å². The summed E-state index contributed by atoms with van der Waals surface area (Å²) in [4.78, 5) is 2.33. The van der Waals surface area contributed by atoms with Crippen LogP contribution in [0, 0.1) is 0 Å². The summed E-state index contributed by atoms with van der Waals surface area (Å²) in [5, 5.41) is 36.7. The molecule has 2 aromatic heterocycles. The summed E-state index contributed by atoms with van der Waals surface area (Å²) in [6, 6.07) is 4.74. The third-order valence-corrected chi connectivity index (χ3v) is 6.61. The molecular weight excluding hydrogens is 437 g/mol. The molecule has 1 saturated carbocycles. The topological polar surface area (TPSA) is 98.8 Å². The van der Waals surface area contributed by atoms with E-state index in [9.17, 15) is 23.4 Å². The summed E-state index contributed by atoms with van der Waals surface area (Å²) in [6.07, 6.45) is 1.54. The molecule has 11 heteroatoms. The van der Waals surface area contributed by atoms with E-state index in [-0.39, 0.29) is 29.4 Å². The summed E-state index contributed by atoms with van der Waals surface area (Å²) >= 11 is 0. The molecule has 2 aliphatic rings. The normalized spacial score (nSPS) is 24.4. The van der Waals surface area contributed by atoms with Crippen LogP contribution < -0.4 is 5.32 Å². The fourth-order valence-electron chi connectivity index (χ4n) is 4.99. The van der Waals surface area contributed by atoms with Crippen LogP contribution in [0.2, 0.25) is 0 Å². The van der Waals surface area contributed by atoms with Gasteiger partial charge in [0, 0.05) is 24.2 Å². The summed E-state index contributed by atoms with van der Waals surface area (Å²) in [6.45, 7) is 1.72. The van der Waals surface area contributed by atoms with Gasteiger partial charge in [-0.3, -0.25) is 4.90 Å². The van der Waals surface area contributed by atoms with Gasteiger partial charge >= 0.3 is 6.18 Å². The zero-order valence-electron chi connectivity index (χ0n) is 17.8. The minimum atomic E-state index is -4.55. The van der Waals surface area contributed by atoms with Gasteiger partial charge in [-0.1, -0.05) is 0 Å². The number of benzene rings is 1. The van der Waals surface area contributed by atoms with E-state index in [2.05, 4.69) is 25.5 Å². The molecule has 0 bridgehead atoms. The van der Waals surface area contributed by atoms with Gasteiger partial charge in [-0.2, -0.15) is 22.8 Å². The Morgan fingerprint density at radius 2 is 1.91 bits per heavy atom. The van der Waals surface area contributed by atoms with Gasteiger partial charge in [0.05, 0.1) is 23.4 Å². The Hall–Kier alpha value is -2.92. The van der Waals surface area contributed by atoms with E-state index < -0.39 is 17.5 Å². The van der Waals surface area contributed by atoms with Gasteiger partial charge in [-0.25, -0.2) is 0 Å². The molecule has 3 atom stereocenters. The molecule has 0 amide bonds. The molecule has 3 aromatic rings. The molecule has 1 aromatic carbocycles. The Balaban J connectivity index is 1.40. The number of phenolic OH excluding ortho intramolecular Hbond substituents is 1. The van der Waals surface area contributed by atoms with Crippen molar-refractivity contribution in [2.45, 2.75) is 56.5 Å². The second-order valence-corrected chi connectivity index (χ2v) is 8.77. The quantitative estimate of drug-likeness (QED) is 0.547. The van der Waals surface area contributed by atoms with Crippen LogP contribution in [-0.4, -0.2) is 66.2 Å². The lowest BCUT2D eigenvalue weighted by Gasteiger charge is -2.38. The number of anilines is 1. The van der Waals surface area contributed by atoms with Crippen molar-refractivity contribution >= 4 is 11.5 Å². The van der Waals surface area contributed by atoms with E-state index >= 15 is 0 Å². The van der Waals surface area contributed by atoms with Gasteiger partial charge in [0.2, 0.25) is 5.95 Å². The molecule has 0 spiro atoms. The van der Waals surface area contributed by atoms with Crippen LogP contribution in [0.1, 0.15) is 37.7 Å². The van der Waals surface area contributed by atoms with Crippen LogP contribution in [0.3, 0.4) is 0 Å². The first-order chi connectivity index (χ1) is 15.8. The number of hydrogen-bond acceptors (Lipinski definition) is 7. The van der Waals surface area contributed by atoms with Crippen LogP contribution in [-0.2, 0) is 6.18 Å². The maximum atomic E-state index is 12.9. The molecule has 1 saturated heterocycles. The molecule has 0 radical (unpaired) electrons. The molecule has 1 aliphatic heterocycles. The second-order valence-electron chi connectivity index (χ2n) is 8.77. The number of aliphatic hydroxyl groups is 1. The van der Waals surface area contributed by atoms with Crippen molar-refractivity contribution < 1.29 is 23.4 Å². The van der Waals surface area contributed by atoms with Crippen LogP contribution >= 0.6 is 0 Å². The van der Waals surface area contributed by atoms with Gasteiger partial charge in [0.25, 0.3) is 0 Å². The first-order valence-corrected chi connectivity index (χ1v) is 11.1.